The van der Waals surface area contributed by atoms with Gasteiger partial charge in [0.1, 0.15) is 0 Å². The molecule has 0 bridgehead atoms. The first-order valence-electron chi connectivity index (χ1n) is 18.8. The molecule has 0 fully saturated rings. The molecule has 258 valence electrons. The van der Waals surface area contributed by atoms with Crippen LogP contribution in [0.15, 0.2) is 206 Å². The van der Waals surface area contributed by atoms with Gasteiger partial charge in [-0.1, -0.05) is 133 Å². The van der Waals surface area contributed by atoms with E-state index in [2.05, 4.69) is 216 Å². The van der Waals surface area contributed by atoms with Crippen LogP contribution in [0.3, 0.4) is 0 Å². The molecule has 0 amide bonds. The molecule has 11 rings (SSSR count). The summed E-state index contributed by atoms with van der Waals surface area (Å²) in [5.74, 6) is 0. The Balaban J connectivity index is 1.05. The van der Waals surface area contributed by atoms with Gasteiger partial charge in [0, 0.05) is 53.6 Å². The van der Waals surface area contributed by atoms with Crippen LogP contribution in [0.1, 0.15) is 0 Å². The highest BCUT2D eigenvalue weighted by molar-refractivity contribution is 7.25. The number of aromatic nitrogens is 1. The van der Waals surface area contributed by atoms with E-state index in [4.69, 9.17) is 0 Å². The van der Waals surface area contributed by atoms with Gasteiger partial charge >= 0.3 is 0 Å². The molecule has 2 nitrogen and oxygen atoms in total. The fourth-order valence-corrected chi connectivity index (χ4v) is 9.44. The number of anilines is 3. The Morgan fingerprint density at radius 2 is 0.927 bits per heavy atom. The maximum absolute atomic E-state index is 2.45. The molecule has 11 aromatic rings. The topological polar surface area (TPSA) is 8.17 Å². The summed E-state index contributed by atoms with van der Waals surface area (Å²) in [5, 5.41) is 7.61. The summed E-state index contributed by atoms with van der Waals surface area (Å²) in [7, 11) is 0. The third kappa shape index (κ3) is 5.32. The smallest absolute Gasteiger partial charge is 0.0547 e. The van der Waals surface area contributed by atoms with Crippen LogP contribution in [0.4, 0.5) is 17.1 Å². The third-order valence-electron chi connectivity index (χ3n) is 11.0. The van der Waals surface area contributed by atoms with Crippen molar-refractivity contribution in [1.29, 1.82) is 0 Å². The monoisotopic (exact) mass is 718 g/mol. The highest BCUT2D eigenvalue weighted by Crippen LogP contribution is 2.43. The van der Waals surface area contributed by atoms with Crippen LogP contribution in [-0.4, -0.2) is 4.57 Å². The van der Waals surface area contributed by atoms with E-state index in [1.807, 2.05) is 11.3 Å². The summed E-state index contributed by atoms with van der Waals surface area (Å²) in [4.78, 5) is 2.38. The Hall–Kier alpha value is -6.94. The van der Waals surface area contributed by atoms with Gasteiger partial charge in [0.2, 0.25) is 0 Å². The molecule has 0 atom stereocenters. The maximum Gasteiger partial charge on any atom is 0.0547 e. The van der Waals surface area contributed by atoms with Gasteiger partial charge in [-0.25, -0.2) is 0 Å². The van der Waals surface area contributed by atoms with E-state index in [0.717, 1.165) is 17.1 Å². The van der Waals surface area contributed by atoms with E-state index in [1.165, 1.54) is 80.7 Å². The van der Waals surface area contributed by atoms with Gasteiger partial charge in [0.05, 0.1) is 16.7 Å². The molecule has 0 saturated carbocycles. The highest BCUT2D eigenvalue weighted by atomic mass is 32.1. The number of para-hydroxylation sites is 2. The van der Waals surface area contributed by atoms with Gasteiger partial charge in [-0.2, -0.15) is 0 Å². The van der Waals surface area contributed by atoms with Crippen LogP contribution in [0.5, 0.6) is 0 Å². The van der Waals surface area contributed by atoms with Crippen LogP contribution in [0.2, 0.25) is 0 Å². The van der Waals surface area contributed by atoms with Crippen molar-refractivity contribution in [3.8, 4) is 27.9 Å². The second-order valence-electron chi connectivity index (χ2n) is 14.2. The van der Waals surface area contributed by atoms with E-state index in [9.17, 15) is 0 Å². The molecule has 0 spiro atoms. The van der Waals surface area contributed by atoms with E-state index in [1.54, 1.807) is 0 Å². The lowest BCUT2D eigenvalue weighted by molar-refractivity contribution is 1.18. The second kappa shape index (κ2) is 12.9. The van der Waals surface area contributed by atoms with Crippen molar-refractivity contribution < 1.29 is 0 Å². The van der Waals surface area contributed by atoms with Crippen molar-refractivity contribution in [2.75, 3.05) is 4.90 Å². The normalized spacial score (nSPS) is 11.6. The average molecular weight is 719 g/mol. The van der Waals surface area contributed by atoms with Gasteiger partial charge in [0.15, 0.2) is 0 Å². The minimum absolute atomic E-state index is 1.11. The maximum atomic E-state index is 2.45. The molecule has 9 aromatic carbocycles. The minimum atomic E-state index is 1.11. The molecule has 0 aliphatic heterocycles. The summed E-state index contributed by atoms with van der Waals surface area (Å²) in [6.07, 6.45) is 0. The zero-order valence-electron chi connectivity index (χ0n) is 29.9. The van der Waals surface area contributed by atoms with E-state index < -0.39 is 0 Å². The van der Waals surface area contributed by atoms with Crippen molar-refractivity contribution in [3.05, 3.63) is 206 Å². The summed E-state index contributed by atoms with van der Waals surface area (Å²) < 4.78 is 5.06. The summed E-state index contributed by atoms with van der Waals surface area (Å²) in [6.45, 7) is 0. The van der Waals surface area contributed by atoms with Crippen LogP contribution in [0, 0.1) is 0 Å². The van der Waals surface area contributed by atoms with Crippen molar-refractivity contribution >= 4 is 81.1 Å². The molecular weight excluding hydrogens is 685 g/mol. The first-order valence-corrected chi connectivity index (χ1v) is 19.6. The molecule has 0 radical (unpaired) electrons. The van der Waals surface area contributed by atoms with Gasteiger partial charge in [-0.3, -0.25) is 0 Å². The van der Waals surface area contributed by atoms with Crippen molar-refractivity contribution in [1.82, 2.24) is 4.57 Å². The van der Waals surface area contributed by atoms with Gasteiger partial charge in [-0.05, 0) is 100 Å². The van der Waals surface area contributed by atoms with Gasteiger partial charge < -0.3 is 9.47 Å². The average Bonchev–Trinajstić information content (AvgIpc) is 3.79. The number of fused-ring (bicyclic) bond motifs is 7. The summed E-state index contributed by atoms with van der Waals surface area (Å²) >= 11 is 1.85. The quantitative estimate of drug-likeness (QED) is 0.166. The predicted molar refractivity (Wildman–Crippen MR) is 237 cm³/mol. The Bertz CT molecular complexity index is 3190. The molecule has 0 saturated heterocycles. The number of benzene rings is 9. The van der Waals surface area contributed by atoms with Crippen molar-refractivity contribution in [2.24, 2.45) is 0 Å². The number of nitrogens with zero attached hydrogens (tertiary/aromatic N) is 2. The standard InChI is InChI=1S/C52H34N2S/c1-2-12-35(13-3-1)36-22-26-40(27-23-36)53(42-30-31-52-47(34-42)45-18-8-11-21-51(45)55-52)41-28-24-37(25-29-41)43-16-6-9-19-48(43)54-49-20-10-7-17-44(49)46-32-38-14-4-5-15-39(38)33-50(46)54/h1-34H. The van der Waals surface area contributed by atoms with E-state index >= 15 is 0 Å². The SMILES string of the molecule is c1ccc(-c2ccc(N(c3ccc(-c4ccccc4-n4c5ccccc5c5cc6ccccc6cc54)cc3)c3ccc4sc5ccccc5c4c3)cc2)cc1. The lowest BCUT2D eigenvalue weighted by Crippen LogP contribution is -2.09. The number of rotatable bonds is 6. The Kier molecular flexibility index (Phi) is 7.39. The summed E-state index contributed by atoms with van der Waals surface area (Å²) in [6, 6.07) is 75.2. The molecule has 0 unspecified atom stereocenters. The Labute approximate surface area is 323 Å². The first kappa shape index (κ1) is 31.6. The zero-order valence-corrected chi connectivity index (χ0v) is 30.7. The highest BCUT2D eigenvalue weighted by Gasteiger charge is 2.18. The molecule has 0 N–H and O–H groups in total. The van der Waals surface area contributed by atoms with Crippen LogP contribution in [-0.2, 0) is 0 Å². The summed E-state index contributed by atoms with van der Waals surface area (Å²) in [5.41, 5.74) is 11.7. The van der Waals surface area contributed by atoms with Gasteiger partial charge in [0.25, 0.3) is 0 Å². The van der Waals surface area contributed by atoms with Crippen LogP contribution >= 0.6 is 11.3 Å². The molecule has 55 heavy (non-hydrogen) atoms. The van der Waals surface area contributed by atoms with Crippen LogP contribution in [0.25, 0.3) is 80.7 Å². The molecular formula is C52H34N2S. The Morgan fingerprint density at radius 1 is 0.345 bits per heavy atom. The largest absolute Gasteiger partial charge is 0.310 e. The predicted octanol–water partition coefficient (Wildman–Crippen LogP) is 15.1. The number of thiophene rings is 1. The molecule has 2 heterocycles. The minimum Gasteiger partial charge on any atom is -0.310 e. The zero-order chi connectivity index (χ0) is 36.3. The number of hydrogen-bond donors (Lipinski definition) is 0. The van der Waals surface area contributed by atoms with Gasteiger partial charge in [-0.15, -0.1) is 11.3 Å². The van der Waals surface area contributed by atoms with Crippen molar-refractivity contribution in [3.63, 3.8) is 0 Å². The third-order valence-corrected chi connectivity index (χ3v) is 12.1. The number of hydrogen-bond acceptors (Lipinski definition) is 2. The molecule has 3 heteroatoms. The fourth-order valence-electron chi connectivity index (χ4n) is 8.35. The fraction of sp³-hybridized carbons (Fsp3) is 0. The molecule has 0 aliphatic rings. The first-order chi connectivity index (χ1) is 27.3. The lowest BCUT2D eigenvalue weighted by Gasteiger charge is -2.26. The van der Waals surface area contributed by atoms with E-state index in [-0.39, 0.29) is 0 Å². The molecule has 2 aromatic heterocycles. The van der Waals surface area contributed by atoms with E-state index in [0.29, 0.717) is 0 Å². The second-order valence-corrected chi connectivity index (χ2v) is 15.2. The lowest BCUT2D eigenvalue weighted by atomic mass is 10.0. The van der Waals surface area contributed by atoms with Crippen LogP contribution < -0.4 is 4.90 Å². The molecule has 0 aliphatic carbocycles. The Morgan fingerprint density at radius 3 is 1.73 bits per heavy atom. The van der Waals surface area contributed by atoms with Crippen molar-refractivity contribution in [2.45, 2.75) is 0 Å².